The lowest BCUT2D eigenvalue weighted by Crippen LogP contribution is -2.34. The molecule has 0 heterocycles. The molecule has 0 bridgehead atoms. The third-order valence-electron chi connectivity index (χ3n) is 3.49. The Morgan fingerprint density at radius 2 is 1.89 bits per heavy atom. The number of carboxylic acid groups (broad SMARTS) is 1. The van der Waals surface area contributed by atoms with Crippen molar-refractivity contribution in [2.24, 2.45) is 0 Å². The maximum absolute atomic E-state index is 13.8. The van der Waals surface area contributed by atoms with Gasteiger partial charge in [0.2, 0.25) is 0 Å². The SMILES string of the molecule is O=C(O)C1(c2c(O)c(Cl)cc(F)c2F)CCCC1. The third kappa shape index (κ3) is 1.73. The van der Waals surface area contributed by atoms with Crippen LogP contribution >= 0.6 is 11.6 Å². The molecule has 0 aromatic heterocycles. The van der Waals surface area contributed by atoms with Crippen molar-refractivity contribution in [1.82, 2.24) is 0 Å². The third-order valence-corrected chi connectivity index (χ3v) is 3.78. The second-order valence-corrected chi connectivity index (χ2v) is 4.88. The Hall–Kier alpha value is -1.36. The Kier molecular flexibility index (Phi) is 3.19. The Morgan fingerprint density at radius 3 is 2.39 bits per heavy atom. The van der Waals surface area contributed by atoms with Crippen molar-refractivity contribution in [2.45, 2.75) is 31.1 Å². The summed E-state index contributed by atoms with van der Waals surface area (Å²) >= 11 is 5.59. The summed E-state index contributed by atoms with van der Waals surface area (Å²) in [5.74, 6) is -4.53. The van der Waals surface area contributed by atoms with Gasteiger partial charge in [-0.1, -0.05) is 24.4 Å². The van der Waals surface area contributed by atoms with E-state index in [0.717, 1.165) is 0 Å². The van der Waals surface area contributed by atoms with Crippen LogP contribution in [0.3, 0.4) is 0 Å². The van der Waals surface area contributed by atoms with Crippen LogP contribution in [-0.4, -0.2) is 16.2 Å². The fourth-order valence-corrected chi connectivity index (χ4v) is 2.76. The minimum Gasteiger partial charge on any atom is -0.506 e. The van der Waals surface area contributed by atoms with Crippen molar-refractivity contribution in [3.63, 3.8) is 0 Å². The Labute approximate surface area is 107 Å². The molecule has 1 aromatic rings. The quantitative estimate of drug-likeness (QED) is 0.816. The minimum atomic E-state index is -1.58. The van der Waals surface area contributed by atoms with E-state index >= 15 is 0 Å². The lowest BCUT2D eigenvalue weighted by Gasteiger charge is -2.26. The van der Waals surface area contributed by atoms with Crippen molar-refractivity contribution in [3.05, 3.63) is 28.3 Å². The second-order valence-electron chi connectivity index (χ2n) is 4.47. The number of rotatable bonds is 2. The monoisotopic (exact) mass is 276 g/mol. The summed E-state index contributed by atoms with van der Waals surface area (Å²) in [4.78, 5) is 11.4. The van der Waals surface area contributed by atoms with Crippen molar-refractivity contribution in [2.75, 3.05) is 0 Å². The van der Waals surface area contributed by atoms with Gasteiger partial charge in [-0.3, -0.25) is 4.79 Å². The number of benzene rings is 1. The molecule has 1 aliphatic rings. The van der Waals surface area contributed by atoms with Crippen LogP contribution in [-0.2, 0) is 10.2 Å². The summed E-state index contributed by atoms with van der Waals surface area (Å²) < 4.78 is 27.2. The molecule has 2 N–H and O–H groups in total. The summed E-state index contributed by atoms with van der Waals surface area (Å²) in [6.07, 6.45) is 1.48. The van der Waals surface area contributed by atoms with E-state index in [4.69, 9.17) is 11.6 Å². The van der Waals surface area contributed by atoms with Crippen LogP contribution < -0.4 is 0 Å². The van der Waals surface area contributed by atoms with E-state index in [1.165, 1.54) is 0 Å². The number of aromatic hydroxyl groups is 1. The number of aliphatic carboxylic acids is 1. The predicted octanol–water partition coefficient (Wildman–Crippen LogP) is 3.22. The van der Waals surface area contributed by atoms with E-state index in [9.17, 15) is 23.8 Å². The fraction of sp³-hybridized carbons (Fsp3) is 0.417. The molecule has 1 saturated carbocycles. The highest BCUT2D eigenvalue weighted by Gasteiger charge is 2.47. The van der Waals surface area contributed by atoms with E-state index in [-0.39, 0.29) is 17.9 Å². The predicted molar refractivity (Wildman–Crippen MR) is 60.8 cm³/mol. The molecule has 0 saturated heterocycles. The summed E-state index contributed by atoms with van der Waals surface area (Å²) in [5, 5.41) is 18.7. The van der Waals surface area contributed by atoms with E-state index in [2.05, 4.69) is 0 Å². The number of hydrogen-bond donors (Lipinski definition) is 2. The second kappa shape index (κ2) is 4.39. The number of phenolic OH excluding ortho intramolecular Hbond substituents is 1. The Balaban J connectivity index is 2.73. The summed E-state index contributed by atoms with van der Waals surface area (Å²) in [6, 6.07) is 0.639. The summed E-state index contributed by atoms with van der Waals surface area (Å²) in [7, 11) is 0. The van der Waals surface area contributed by atoms with Crippen molar-refractivity contribution < 1.29 is 23.8 Å². The first kappa shape index (κ1) is 13.1. The van der Waals surface area contributed by atoms with Crippen LogP contribution in [0.1, 0.15) is 31.2 Å². The molecule has 1 aliphatic carbocycles. The van der Waals surface area contributed by atoms with Crippen LogP contribution in [0.15, 0.2) is 6.07 Å². The average Bonchev–Trinajstić information content (AvgIpc) is 2.77. The van der Waals surface area contributed by atoms with Gasteiger partial charge in [0.05, 0.1) is 16.0 Å². The van der Waals surface area contributed by atoms with Gasteiger partial charge >= 0.3 is 5.97 Å². The summed E-state index contributed by atoms with van der Waals surface area (Å²) in [6.45, 7) is 0. The number of phenols is 1. The first-order chi connectivity index (χ1) is 8.40. The van der Waals surface area contributed by atoms with Gasteiger partial charge in [-0.25, -0.2) is 8.78 Å². The van der Waals surface area contributed by atoms with Gasteiger partial charge in [0.15, 0.2) is 11.6 Å². The fourth-order valence-electron chi connectivity index (χ4n) is 2.57. The number of carbonyl (C=O) groups is 1. The van der Waals surface area contributed by atoms with Gasteiger partial charge in [-0.15, -0.1) is 0 Å². The maximum Gasteiger partial charge on any atom is 0.314 e. The molecule has 0 aliphatic heterocycles. The average molecular weight is 277 g/mol. The standard InChI is InChI=1S/C12H11ClF2O3/c13-6-5-7(14)9(15)8(10(6)16)12(11(17)18)3-1-2-4-12/h5,16H,1-4H2,(H,17,18). The van der Waals surface area contributed by atoms with E-state index in [1.54, 1.807) is 0 Å². The highest BCUT2D eigenvalue weighted by Crippen LogP contribution is 2.48. The van der Waals surface area contributed by atoms with Gasteiger partial charge in [-0.05, 0) is 18.9 Å². The Morgan fingerprint density at radius 1 is 1.33 bits per heavy atom. The zero-order chi connectivity index (χ0) is 13.5. The zero-order valence-corrected chi connectivity index (χ0v) is 10.1. The topological polar surface area (TPSA) is 57.5 Å². The first-order valence-corrected chi connectivity index (χ1v) is 5.88. The number of carboxylic acids is 1. The molecule has 2 rings (SSSR count). The van der Waals surface area contributed by atoms with Crippen LogP contribution in [0.5, 0.6) is 5.75 Å². The lowest BCUT2D eigenvalue weighted by atomic mass is 9.78. The van der Waals surface area contributed by atoms with E-state index < -0.39 is 34.3 Å². The highest BCUT2D eigenvalue weighted by molar-refractivity contribution is 6.32. The number of hydrogen-bond acceptors (Lipinski definition) is 2. The minimum absolute atomic E-state index is 0.159. The van der Waals surface area contributed by atoms with Crippen LogP contribution in [0.4, 0.5) is 8.78 Å². The smallest absolute Gasteiger partial charge is 0.314 e. The molecule has 98 valence electrons. The normalized spacial score (nSPS) is 17.9. The van der Waals surface area contributed by atoms with Gasteiger partial charge in [0.1, 0.15) is 5.75 Å². The molecular formula is C12H11ClF2O3. The molecule has 3 nitrogen and oxygen atoms in total. The largest absolute Gasteiger partial charge is 0.506 e. The van der Waals surface area contributed by atoms with Crippen molar-refractivity contribution in [3.8, 4) is 5.75 Å². The Bertz CT molecular complexity index is 484. The van der Waals surface area contributed by atoms with Crippen molar-refractivity contribution in [1.29, 1.82) is 0 Å². The van der Waals surface area contributed by atoms with Gasteiger partial charge in [0, 0.05) is 0 Å². The van der Waals surface area contributed by atoms with Crippen LogP contribution in [0.25, 0.3) is 0 Å². The zero-order valence-electron chi connectivity index (χ0n) is 9.34. The molecular weight excluding hydrogens is 266 g/mol. The van der Waals surface area contributed by atoms with E-state index in [0.29, 0.717) is 18.9 Å². The van der Waals surface area contributed by atoms with Crippen molar-refractivity contribution >= 4 is 17.6 Å². The molecule has 0 radical (unpaired) electrons. The molecule has 0 amide bonds. The van der Waals surface area contributed by atoms with Gasteiger partial charge in [0.25, 0.3) is 0 Å². The van der Waals surface area contributed by atoms with Crippen LogP contribution in [0, 0.1) is 11.6 Å². The van der Waals surface area contributed by atoms with E-state index in [1.807, 2.05) is 0 Å². The highest BCUT2D eigenvalue weighted by atomic mass is 35.5. The van der Waals surface area contributed by atoms with Crippen LogP contribution in [0.2, 0.25) is 5.02 Å². The molecule has 6 heteroatoms. The first-order valence-electron chi connectivity index (χ1n) is 5.50. The lowest BCUT2D eigenvalue weighted by molar-refractivity contribution is -0.143. The maximum atomic E-state index is 13.8. The van der Waals surface area contributed by atoms with Gasteiger partial charge < -0.3 is 10.2 Å². The molecule has 1 aromatic carbocycles. The molecule has 0 atom stereocenters. The number of halogens is 3. The molecule has 0 unspecified atom stereocenters. The summed E-state index contributed by atoms with van der Waals surface area (Å²) in [5.41, 5.74) is -2.11. The van der Waals surface area contributed by atoms with Gasteiger partial charge in [-0.2, -0.15) is 0 Å². The molecule has 1 fully saturated rings. The molecule has 18 heavy (non-hydrogen) atoms. The molecule has 0 spiro atoms.